The van der Waals surface area contributed by atoms with Gasteiger partial charge in [-0.3, -0.25) is 19.3 Å². The molecule has 2 bridgehead atoms. The van der Waals surface area contributed by atoms with Crippen molar-refractivity contribution in [2.45, 2.75) is 12.8 Å². The van der Waals surface area contributed by atoms with Crippen LogP contribution in [0.1, 0.15) is 12.8 Å². The normalized spacial score (nSPS) is 35.3. The molecule has 1 aliphatic heterocycles. The Balaban J connectivity index is 1.24. The molecular formula is C20H18BrClN2O3. The van der Waals surface area contributed by atoms with Crippen LogP contribution in [0.3, 0.4) is 0 Å². The van der Waals surface area contributed by atoms with Gasteiger partial charge < -0.3 is 5.32 Å². The maximum absolute atomic E-state index is 12.9. The zero-order valence-electron chi connectivity index (χ0n) is 14.4. The van der Waals surface area contributed by atoms with E-state index in [-0.39, 0.29) is 54.4 Å². The number of imide groups is 1. The van der Waals surface area contributed by atoms with Crippen LogP contribution in [0.25, 0.3) is 0 Å². The SMILES string of the molecule is O=C(CCN1C(=O)[C@H]2[C@@H]3C=C[C@@H]([C@H]4C[C@H]34)[C@@H]2C1=O)Nc1ccc(Br)c(Cl)c1. The van der Waals surface area contributed by atoms with E-state index in [1.54, 1.807) is 18.2 Å². The van der Waals surface area contributed by atoms with Crippen LogP contribution in [0.5, 0.6) is 0 Å². The summed E-state index contributed by atoms with van der Waals surface area (Å²) < 4.78 is 0.749. The van der Waals surface area contributed by atoms with Crippen LogP contribution in [-0.4, -0.2) is 29.2 Å². The number of allylic oxidation sites excluding steroid dienone is 2. The molecule has 3 amide bonds. The van der Waals surface area contributed by atoms with E-state index in [1.807, 2.05) is 0 Å². The molecule has 1 saturated heterocycles. The number of hydrogen-bond donors (Lipinski definition) is 1. The third kappa shape index (κ3) is 2.68. The summed E-state index contributed by atoms with van der Waals surface area (Å²) in [5.41, 5.74) is 0.586. The standard InChI is InChI=1S/C20H18BrClN2O3/c21-14-4-1-9(7-15(14)22)23-16(25)5-6-24-19(26)17-10-2-3-11(13-8-12(10)13)18(17)20(24)27/h1-4,7,10-13,17-18H,5-6,8H2,(H,23,25)/t10-,11+,12-,13-,17+,18+/m1/s1. The number of carbonyl (C=O) groups excluding carboxylic acids is 3. The van der Waals surface area contributed by atoms with Crippen molar-refractivity contribution in [3.63, 3.8) is 0 Å². The fourth-order valence-electron chi connectivity index (χ4n) is 5.25. The monoisotopic (exact) mass is 448 g/mol. The van der Waals surface area contributed by atoms with Crippen molar-refractivity contribution >= 4 is 50.9 Å². The van der Waals surface area contributed by atoms with Crippen LogP contribution in [0, 0.1) is 35.5 Å². The zero-order valence-corrected chi connectivity index (χ0v) is 16.7. The van der Waals surface area contributed by atoms with E-state index in [1.165, 1.54) is 4.90 Å². The minimum atomic E-state index is -0.243. The summed E-state index contributed by atoms with van der Waals surface area (Å²) in [4.78, 5) is 39.3. The Morgan fingerprint density at radius 2 is 1.78 bits per heavy atom. The summed E-state index contributed by atoms with van der Waals surface area (Å²) in [6.45, 7) is 0.134. The lowest BCUT2D eigenvalue weighted by Gasteiger charge is -2.37. The Bertz CT molecular complexity index is 865. The largest absolute Gasteiger partial charge is 0.326 e. The predicted octanol–water partition coefficient (Wildman–Crippen LogP) is 3.48. The first kappa shape index (κ1) is 17.4. The van der Waals surface area contributed by atoms with Crippen LogP contribution in [0.15, 0.2) is 34.8 Å². The Hall–Kier alpha value is -1.66. The second kappa shape index (κ2) is 6.17. The van der Waals surface area contributed by atoms with Crippen molar-refractivity contribution in [2.75, 3.05) is 11.9 Å². The topological polar surface area (TPSA) is 66.5 Å². The summed E-state index contributed by atoms with van der Waals surface area (Å²) in [5, 5.41) is 3.27. The molecule has 6 rings (SSSR count). The minimum absolute atomic E-state index is 0.0836. The highest BCUT2D eigenvalue weighted by Gasteiger charge is 2.66. The average Bonchev–Trinajstić information content (AvgIpc) is 3.42. The van der Waals surface area contributed by atoms with Gasteiger partial charge in [-0.05, 0) is 64.2 Å². The number of carbonyl (C=O) groups is 3. The maximum Gasteiger partial charge on any atom is 0.233 e. The van der Waals surface area contributed by atoms with Crippen LogP contribution < -0.4 is 5.32 Å². The molecule has 6 atom stereocenters. The van der Waals surface area contributed by atoms with Crippen LogP contribution in [0.2, 0.25) is 5.02 Å². The van der Waals surface area contributed by atoms with Gasteiger partial charge in [-0.2, -0.15) is 0 Å². The van der Waals surface area contributed by atoms with Gasteiger partial charge in [-0.1, -0.05) is 23.8 Å². The van der Waals surface area contributed by atoms with E-state index >= 15 is 0 Å². The van der Waals surface area contributed by atoms with Crippen LogP contribution >= 0.6 is 27.5 Å². The fourth-order valence-corrected chi connectivity index (χ4v) is 5.68. The molecule has 27 heavy (non-hydrogen) atoms. The quantitative estimate of drug-likeness (QED) is 0.565. The van der Waals surface area contributed by atoms with Crippen LogP contribution in [0.4, 0.5) is 5.69 Å². The van der Waals surface area contributed by atoms with Gasteiger partial charge in [0.25, 0.3) is 0 Å². The van der Waals surface area contributed by atoms with Gasteiger partial charge in [0.15, 0.2) is 0 Å². The van der Waals surface area contributed by atoms with Gasteiger partial charge in [0.2, 0.25) is 17.7 Å². The fraction of sp³-hybridized carbons (Fsp3) is 0.450. The first-order valence-corrected chi connectivity index (χ1v) is 10.4. The maximum atomic E-state index is 12.9. The smallest absolute Gasteiger partial charge is 0.233 e. The second-order valence-corrected chi connectivity index (χ2v) is 9.17. The van der Waals surface area contributed by atoms with Crippen molar-refractivity contribution in [1.29, 1.82) is 0 Å². The van der Waals surface area contributed by atoms with E-state index < -0.39 is 0 Å². The molecule has 7 heteroatoms. The number of amides is 3. The van der Waals surface area contributed by atoms with Crippen molar-refractivity contribution in [1.82, 2.24) is 4.90 Å². The summed E-state index contributed by atoms with van der Waals surface area (Å²) in [6, 6.07) is 5.15. The van der Waals surface area contributed by atoms with Gasteiger partial charge in [0, 0.05) is 23.1 Å². The molecule has 0 spiro atoms. The summed E-state index contributed by atoms with van der Waals surface area (Å²) in [6.07, 6.45) is 5.53. The molecule has 4 aliphatic carbocycles. The number of anilines is 1. The first-order valence-electron chi connectivity index (χ1n) is 9.24. The van der Waals surface area contributed by atoms with E-state index in [2.05, 4.69) is 33.4 Å². The molecule has 5 nitrogen and oxygen atoms in total. The third-order valence-electron chi connectivity index (χ3n) is 6.52. The van der Waals surface area contributed by atoms with E-state index in [0.29, 0.717) is 22.5 Å². The highest BCUT2D eigenvalue weighted by molar-refractivity contribution is 9.10. The van der Waals surface area contributed by atoms with E-state index in [4.69, 9.17) is 11.6 Å². The molecule has 0 aromatic heterocycles. The van der Waals surface area contributed by atoms with E-state index in [9.17, 15) is 14.4 Å². The molecule has 0 unspecified atom stereocenters. The van der Waals surface area contributed by atoms with Gasteiger partial charge in [0.05, 0.1) is 16.9 Å². The van der Waals surface area contributed by atoms with Gasteiger partial charge >= 0.3 is 0 Å². The predicted molar refractivity (Wildman–Crippen MR) is 104 cm³/mol. The van der Waals surface area contributed by atoms with Crippen molar-refractivity contribution in [2.24, 2.45) is 35.5 Å². The molecule has 1 aromatic carbocycles. The molecule has 1 aromatic rings. The molecule has 1 N–H and O–H groups in total. The molecule has 5 aliphatic rings. The Morgan fingerprint density at radius 3 is 2.37 bits per heavy atom. The average molecular weight is 450 g/mol. The molecule has 140 valence electrons. The Labute approximate surface area is 170 Å². The van der Waals surface area contributed by atoms with Crippen molar-refractivity contribution in [3.05, 3.63) is 39.8 Å². The number of hydrogen-bond acceptors (Lipinski definition) is 3. The highest BCUT2D eigenvalue weighted by atomic mass is 79.9. The highest BCUT2D eigenvalue weighted by Crippen LogP contribution is 2.65. The van der Waals surface area contributed by atoms with Gasteiger partial charge in [-0.15, -0.1) is 0 Å². The zero-order chi connectivity index (χ0) is 18.9. The number of likely N-dealkylation sites (tertiary alicyclic amines) is 1. The van der Waals surface area contributed by atoms with Crippen LogP contribution in [-0.2, 0) is 14.4 Å². The summed E-state index contributed by atoms with van der Waals surface area (Å²) in [5.74, 6) is 0.771. The minimum Gasteiger partial charge on any atom is -0.326 e. The van der Waals surface area contributed by atoms with Gasteiger partial charge in [0.1, 0.15) is 0 Å². The van der Waals surface area contributed by atoms with E-state index in [0.717, 1.165) is 10.9 Å². The summed E-state index contributed by atoms with van der Waals surface area (Å²) in [7, 11) is 0. The van der Waals surface area contributed by atoms with Crippen molar-refractivity contribution in [3.8, 4) is 0 Å². The summed E-state index contributed by atoms with van der Waals surface area (Å²) >= 11 is 9.34. The third-order valence-corrected chi connectivity index (χ3v) is 7.75. The lowest BCUT2D eigenvalue weighted by Crippen LogP contribution is -2.40. The van der Waals surface area contributed by atoms with Gasteiger partial charge in [-0.25, -0.2) is 0 Å². The van der Waals surface area contributed by atoms with Crippen molar-refractivity contribution < 1.29 is 14.4 Å². The first-order chi connectivity index (χ1) is 13.0. The molecule has 3 fully saturated rings. The number of halogens is 2. The number of nitrogens with zero attached hydrogens (tertiary/aromatic N) is 1. The molecule has 0 radical (unpaired) electrons. The lowest BCUT2D eigenvalue weighted by atomic mass is 9.63. The Morgan fingerprint density at radius 1 is 1.15 bits per heavy atom. The number of rotatable bonds is 4. The lowest BCUT2D eigenvalue weighted by molar-refractivity contribution is -0.140. The molecular weight excluding hydrogens is 432 g/mol. The number of benzene rings is 1. The Kier molecular flexibility index (Phi) is 3.99. The molecule has 2 saturated carbocycles. The molecule has 1 heterocycles. The second-order valence-electron chi connectivity index (χ2n) is 7.91. The number of nitrogens with one attached hydrogen (secondary N) is 1.